The minimum atomic E-state index is -4.60. The summed E-state index contributed by atoms with van der Waals surface area (Å²) >= 11 is 0. The maximum absolute atomic E-state index is 12.9. The molecular weight excluding hydrogens is 395 g/mol. The smallest absolute Gasteiger partial charge is 0.342 e. The number of halogens is 3. The molecule has 2 aliphatic rings. The number of nitrogens with zero attached hydrogens (tertiary/aromatic N) is 3. The predicted molar refractivity (Wildman–Crippen MR) is 97.1 cm³/mol. The fourth-order valence-electron chi connectivity index (χ4n) is 3.54. The van der Waals surface area contributed by atoms with Gasteiger partial charge in [0.2, 0.25) is 15.9 Å². The van der Waals surface area contributed by atoms with Crippen LogP contribution in [0, 0.1) is 0 Å². The van der Waals surface area contributed by atoms with E-state index in [9.17, 15) is 26.4 Å². The molecule has 1 aromatic carbocycles. The second-order valence-electron chi connectivity index (χ2n) is 7.15. The van der Waals surface area contributed by atoms with Crippen LogP contribution in [0.1, 0.15) is 24.8 Å². The van der Waals surface area contributed by atoms with E-state index in [1.165, 1.54) is 10.4 Å². The van der Waals surface area contributed by atoms with Crippen molar-refractivity contribution in [2.45, 2.75) is 30.3 Å². The normalized spacial score (nSPS) is 20.3. The zero-order valence-electron chi connectivity index (χ0n) is 15.5. The molecule has 0 N–H and O–H groups in total. The molecule has 1 aromatic rings. The molecule has 0 bridgehead atoms. The van der Waals surface area contributed by atoms with Gasteiger partial charge in [0.1, 0.15) is 0 Å². The summed E-state index contributed by atoms with van der Waals surface area (Å²) in [5.41, 5.74) is -0.987. The van der Waals surface area contributed by atoms with Gasteiger partial charge in [-0.05, 0) is 37.5 Å². The third-order valence-electron chi connectivity index (χ3n) is 5.20. The SMILES string of the molecule is O=C(CN1CCN(S(=O)(=O)c2cccc(C(F)(F)F)c2)CC1)N1CCCCC1. The Bertz CT molecular complexity index is 800. The van der Waals surface area contributed by atoms with Crippen molar-refractivity contribution in [3.8, 4) is 0 Å². The lowest BCUT2D eigenvalue weighted by Gasteiger charge is -2.35. The number of amides is 1. The van der Waals surface area contributed by atoms with Gasteiger partial charge in [-0.25, -0.2) is 8.42 Å². The van der Waals surface area contributed by atoms with Crippen molar-refractivity contribution in [3.05, 3.63) is 29.8 Å². The number of likely N-dealkylation sites (tertiary alicyclic amines) is 1. The fourth-order valence-corrected chi connectivity index (χ4v) is 5.01. The van der Waals surface area contributed by atoms with Crippen LogP contribution in [0.2, 0.25) is 0 Å². The van der Waals surface area contributed by atoms with Gasteiger partial charge < -0.3 is 4.90 Å². The number of hydrogen-bond donors (Lipinski definition) is 0. The lowest BCUT2D eigenvalue weighted by atomic mass is 10.1. The van der Waals surface area contributed by atoms with Crippen molar-refractivity contribution in [1.29, 1.82) is 0 Å². The van der Waals surface area contributed by atoms with Crippen molar-refractivity contribution < 1.29 is 26.4 Å². The van der Waals surface area contributed by atoms with E-state index in [4.69, 9.17) is 0 Å². The first-order valence-electron chi connectivity index (χ1n) is 9.35. The molecule has 2 saturated heterocycles. The number of sulfonamides is 1. The highest BCUT2D eigenvalue weighted by Crippen LogP contribution is 2.31. The van der Waals surface area contributed by atoms with Crippen LogP contribution in [0.3, 0.4) is 0 Å². The van der Waals surface area contributed by atoms with E-state index >= 15 is 0 Å². The highest BCUT2D eigenvalue weighted by atomic mass is 32.2. The van der Waals surface area contributed by atoms with Crippen molar-refractivity contribution >= 4 is 15.9 Å². The van der Waals surface area contributed by atoms with Crippen LogP contribution < -0.4 is 0 Å². The van der Waals surface area contributed by atoms with Crippen LogP contribution in [0.5, 0.6) is 0 Å². The molecule has 0 saturated carbocycles. The second-order valence-corrected chi connectivity index (χ2v) is 9.09. The van der Waals surface area contributed by atoms with Crippen LogP contribution in [0.15, 0.2) is 29.2 Å². The van der Waals surface area contributed by atoms with Gasteiger partial charge in [-0.1, -0.05) is 6.07 Å². The van der Waals surface area contributed by atoms with E-state index in [0.717, 1.165) is 44.5 Å². The summed E-state index contributed by atoms with van der Waals surface area (Å²) in [5.74, 6) is 0.0499. The third-order valence-corrected chi connectivity index (χ3v) is 7.09. The number of benzene rings is 1. The zero-order valence-corrected chi connectivity index (χ0v) is 16.3. The van der Waals surface area contributed by atoms with Gasteiger partial charge in [0, 0.05) is 39.3 Å². The summed E-state index contributed by atoms with van der Waals surface area (Å²) in [5, 5.41) is 0. The first-order chi connectivity index (χ1) is 13.2. The van der Waals surface area contributed by atoms with Gasteiger partial charge >= 0.3 is 6.18 Å². The monoisotopic (exact) mass is 419 g/mol. The van der Waals surface area contributed by atoms with Crippen LogP contribution in [0.25, 0.3) is 0 Å². The predicted octanol–water partition coefficient (Wildman–Crippen LogP) is 2.02. The van der Waals surface area contributed by atoms with E-state index in [1.54, 1.807) is 0 Å². The summed E-state index contributed by atoms with van der Waals surface area (Å²) in [4.78, 5) is 15.7. The molecule has 6 nitrogen and oxygen atoms in total. The second kappa shape index (κ2) is 8.38. The molecule has 156 valence electrons. The van der Waals surface area contributed by atoms with E-state index in [2.05, 4.69) is 0 Å². The number of carbonyl (C=O) groups is 1. The highest BCUT2D eigenvalue weighted by Gasteiger charge is 2.34. The number of piperidine rings is 1. The fraction of sp³-hybridized carbons (Fsp3) is 0.611. The maximum Gasteiger partial charge on any atom is 0.416 e. The van der Waals surface area contributed by atoms with Crippen LogP contribution in [0.4, 0.5) is 13.2 Å². The molecule has 10 heteroatoms. The summed E-state index contributed by atoms with van der Waals surface area (Å²) in [6.45, 7) is 2.82. The zero-order chi connectivity index (χ0) is 20.4. The molecule has 3 rings (SSSR count). The summed E-state index contributed by atoms with van der Waals surface area (Å²) in [6, 6.07) is 3.80. The van der Waals surface area contributed by atoms with E-state index in [-0.39, 0.29) is 30.4 Å². The minimum absolute atomic E-state index is 0.0499. The highest BCUT2D eigenvalue weighted by molar-refractivity contribution is 7.89. The van der Waals surface area contributed by atoms with Gasteiger partial charge in [0.05, 0.1) is 17.0 Å². The van der Waals surface area contributed by atoms with Crippen LogP contribution in [-0.2, 0) is 21.0 Å². The number of piperazine rings is 1. The van der Waals surface area contributed by atoms with Crippen LogP contribution in [-0.4, -0.2) is 74.2 Å². The summed E-state index contributed by atoms with van der Waals surface area (Å²) < 4.78 is 65.2. The standard InChI is InChI=1S/C18H24F3N3O3S/c19-18(20,21)15-5-4-6-16(13-15)28(26,27)24-11-9-22(10-12-24)14-17(25)23-7-2-1-3-8-23/h4-6,13H,1-3,7-12,14H2. The lowest BCUT2D eigenvalue weighted by Crippen LogP contribution is -2.51. The Hall–Kier alpha value is -1.65. The third kappa shape index (κ3) is 4.84. The summed E-state index contributed by atoms with van der Waals surface area (Å²) in [7, 11) is -4.01. The van der Waals surface area contributed by atoms with Crippen LogP contribution >= 0.6 is 0 Å². The van der Waals surface area contributed by atoms with Crippen molar-refractivity contribution in [2.75, 3.05) is 45.8 Å². The van der Waals surface area contributed by atoms with E-state index in [1.807, 2.05) is 9.80 Å². The minimum Gasteiger partial charge on any atom is -0.342 e. The van der Waals surface area contributed by atoms with E-state index in [0.29, 0.717) is 19.2 Å². The van der Waals surface area contributed by atoms with Gasteiger partial charge in [-0.3, -0.25) is 9.69 Å². The number of rotatable bonds is 4. The number of alkyl halides is 3. The Labute approximate surface area is 162 Å². The maximum atomic E-state index is 12.9. The van der Waals surface area contributed by atoms with Gasteiger partial charge in [0.15, 0.2) is 0 Å². The van der Waals surface area contributed by atoms with Gasteiger partial charge in [-0.15, -0.1) is 0 Å². The molecule has 0 aliphatic carbocycles. The molecule has 2 aliphatic heterocycles. The number of carbonyl (C=O) groups excluding carboxylic acids is 1. The first kappa shape index (κ1) is 21.1. The quantitative estimate of drug-likeness (QED) is 0.749. The molecule has 2 heterocycles. The van der Waals surface area contributed by atoms with Gasteiger partial charge in [0.25, 0.3) is 0 Å². The van der Waals surface area contributed by atoms with E-state index < -0.39 is 21.8 Å². The largest absolute Gasteiger partial charge is 0.416 e. The molecule has 0 unspecified atom stereocenters. The Morgan fingerprint density at radius 1 is 0.964 bits per heavy atom. The Morgan fingerprint density at radius 2 is 1.61 bits per heavy atom. The van der Waals surface area contributed by atoms with Crippen molar-refractivity contribution in [2.24, 2.45) is 0 Å². The molecule has 28 heavy (non-hydrogen) atoms. The first-order valence-corrected chi connectivity index (χ1v) is 10.8. The molecule has 1 amide bonds. The average Bonchev–Trinajstić information content (AvgIpc) is 2.68. The summed E-state index contributed by atoms with van der Waals surface area (Å²) in [6.07, 6.45) is -1.45. The Balaban J connectivity index is 1.60. The molecular formula is C18H24F3N3O3S. The van der Waals surface area contributed by atoms with Gasteiger partial charge in [-0.2, -0.15) is 17.5 Å². The molecule has 0 aromatic heterocycles. The molecule has 0 atom stereocenters. The molecule has 0 spiro atoms. The van der Waals surface area contributed by atoms with Crippen molar-refractivity contribution in [1.82, 2.24) is 14.1 Å². The number of hydrogen-bond acceptors (Lipinski definition) is 4. The molecule has 0 radical (unpaired) electrons. The molecule has 2 fully saturated rings. The Morgan fingerprint density at radius 3 is 2.21 bits per heavy atom. The Kier molecular flexibility index (Phi) is 6.31. The average molecular weight is 419 g/mol. The van der Waals surface area contributed by atoms with Crippen molar-refractivity contribution in [3.63, 3.8) is 0 Å². The topological polar surface area (TPSA) is 60.9 Å². The lowest BCUT2D eigenvalue weighted by molar-refractivity contribution is -0.137.